The molecule has 2 atom stereocenters. The molecular weight excluding hydrogens is 240 g/mol. The lowest BCUT2D eigenvalue weighted by Crippen LogP contribution is -2.19. The van der Waals surface area contributed by atoms with Crippen molar-refractivity contribution in [2.45, 2.75) is 19.3 Å². The number of carbonyl (C=O) groups is 2. The highest BCUT2D eigenvalue weighted by Gasteiger charge is 2.46. The Bertz CT molecular complexity index is 438. The molecule has 4 heteroatoms. The van der Waals surface area contributed by atoms with Crippen molar-refractivity contribution in [1.29, 1.82) is 0 Å². The third-order valence-electron chi connectivity index (χ3n) is 2.90. The van der Waals surface area contributed by atoms with Gasteiger partial charge in [0, 0.05) is 10.9 Å². The first kappa shape index (κ1) is 12.1. The van der Waals surface area contributed by atoms with Gasteiger partial charge in [-0.05, 0) is 37.0 Å². The van der Waals surface area contributed by atoms with Gasteiger partial charge < -0.3 is 4.74 Å². The van der Waals surface area contributed by atoms with Crippen molar-refractivity contribution in [1.82, 2.24) is 0 Å². The normalized spacial score (nSPS) is 22.0. The smallest absolute Gasteiger partial charge is 0.374 e. The highest BCUT2D eigenvalue weighted by atomic mass is 35.5. The summed E-state index contributed by atoms with van der Waals surface area (Å²) in [5.41, 5.74) is 1.05. The molecule has 0 N–H and O–H groups in total. The van der Waals surface area contributed by atoms with Crippen molar-refractivity contribution in [3.8, 4) is 0 Å². The van der Waals surface area contributed by atoms with Crippen LogP contribution in [0.5, 0.6) is 0 Å². The second-order valence-electron chi connectivity index (χ2n) is 4.08. The van der Waals surface area contributed by atoms with E-state index in [0.717, 1.165) is 12.0 Å². The summed E-state index contributed by atoms with van der Waals surface area (Å²) < 4.78 is 4.70. The van der Waals surface area contributed by atoms with Crippen LogP contribution in [0.25, 0.3) is 0 Å². The molecule has 90 valence electrons. The number of halogens is 1. The van der Waals surface area contributed by atoms with E-state index >= 15 is 0 Å². The Hall–Kier alpha value is -1.35. The van der Waals surface area contributed by atoms with Crippen LogP contribution in [-0.2, 0) is 14.3 Å². The van der Waals surface area contributed by atoms with Crippen LogP contribution in [0, 0.1) is 5.92 Å². The summed E-state index contributed by atoms with van der Waals surface area (Å²) >= 11 is 5.79. The quantitative estimate of drug-likeness (QED) is 0.611. The lowest BCUT2D eigenvalue weighted by atomic mass is 10.1. The first-order chi connectivity index (χ1) is 8.13. The third-order valence-corrected chi connectivity index (χ3v) is 3.15. The maximum absolute atomic E-state index is 11.6. The van der Waals surface area contributed by atoms with Gasteiger partial charge in [-0.25, -0.2) is 4.79 Å². The molecule has 1 aliphatic rings. The van der Waals surface area contributed by atoms with Crippen molar-refractivity contribution >= 4 is 23.4 Å². The first-order valence-corrected chi connectivity index (χ1v) is 5.97. The van der Waals surface area contributed by atoms with Gasteiger partial charge in [0.25, 0.3) is 0 Å². The summed E-state index contributed by atoms with van der Waals surface area (Å²) in [6.07, 6.45) is 0.722. The highest BCUT2D eigenvalue weighted by Crippen LogP contribution is 2.48. The lowest BCUT2D eigenvalue weighted by Gasteiger charge is -2.01. The predicted molar refractivity (Wildman–Crippen MR) is 63.9 cm³/mol. The Morgan fingerprint density at radius 1 is 1.35 bits per heavy atom. The van der Waals surface area contributed by atoms with Crippen LogP contribution in [0.1, 0.15) is 24.8 Å². The molecule has 0 radical (unpaired) electrons. The molecule has 1 aromatic rings. The van der Waals surface area contributed by atoms with Gasteiger partial charge in [0.05, 0.1) is 6.61 Å². The zero-order valence-corrected chi connectivity index (χ0v) is 10.2. The molecule has 2 rings (SSSR count). The fourth-order valence-corrected chi connectivity index (χ4v) is 2.04. The van der Waals surface area contributed by atoms with Gasteiger partial charge in [0.15, 0.2) is 0 Å². The topological polar surface area (TPSA) is 43.4 Å². The summed E-state index contributed by atoms with van der Waals surface area (Å²) in [5, 5.41) is 0.669. The van der Waals surface area contributed by atoms with Gasteiger partial charge in [-0.15, -0.1) is 0 Å². The van der Waals surface area contributed by atoms with Crippen LogP contribution in [0.4, 0.5) is 0 Å². The molecule has 0 amide bonds. The van der Waals surface area contributed by atoms with E-state index in [0.29, 0.717) is 5.02 Å². The number of hydrogen-bond donors (Lipinski definition) is 0. The van der Waals surface area contributed by atoms with Gasteiger partial charge in [-0.2, -0.15) is 0 Å². The van der Waals surface area contributed by atoms with E-state index < -0.39 is 11.8 Å². The summed E-state index contributed by atoms with van der Waals surface area (Å²) in [6.45, 7) is 1.93. The van der Waals surface area contributed by atoms with Gasteiger partial charge >= 0.3 is 5.97 Å². The summed E-state index contributed by atoms with van der Waals surface area (Å²) in [5.74, 6) is -1.19. The molecular formula is C13H13ClO3. The Balaban J connectivity index is 1.98. The average Bonchev–Trinajstić information content (AvgIpc) is 3.09. The van der Waals surface area contributed by atoms with E-state index in [2.05, 4.69) is 0 Å². The molecule has 0 aliphatic heterocycles. The third kappa shape index (κ3) is 2.67. The largest absolute Gasteiger partial charge is 0.460 e. The number of benzene rings is 1. The van der Waals surface area contributed by atoms with Gasteiger partial charge in [-0.1, -0.05) is 23.7 Å². The van der Waals surface area contributed by atoms with Crippen molar-refractivity contribution in [2.24, 2.45) is 5.92 Å². The molecule has 1 aliphatic carbocycles. The summed E-state index contributed by atoms with van der Waals surface area (Å²) in [4.78, 5) is 22.9. The lowest BCUT2D eigenvalue weighted by molar-refractivity contribution is -0.154. The minimum absolute atomic E-state index is 0.143. The molecule has 1 saturated carbocycles. The standard InChI is InChI=1S/C13H13ClO3/c1-2-17-13(16)12(15)11-7-10(11)8-3-5-9(14)6-4-8/h3-6,10-11H,2,7H2,1H3/t10-,11?/m0/s1. The Labute approximate surface area is 105 Å². The number of ketones is 1. The van der Waals surface area contributed by atoms with Crippen LogP contribution in [0.3, 0.4) is 0 Å². The maximum atomic E-state index is 11.6. The molecule has 0 heterocycles. The average molecular weight is 253 g/mol. The van der Waals surface area contributed by atoms with Crippen LogP contribution in [0.15, 0.2) is 24.3 Å². The van der Waals surface area contributed by atoms with Crippen LogP contribution in [0.2, 0.25) is 5.02 Å². The SMILES string of the molecule is CCOC(=O)C(=O)C1C[C@H]1c1ccc(Cl)cc1. The van der Waals surface area contributed by atoms with Crippen molar-refractivity contribution in [3.05, 3.63) is 34.9 Å². The molecule has 1 fully saturated rings. The second kappa shape index (κ2) is 4.88. The van der Waals surface area contributed by atoms with Crippen molar-refractivity contribution in [2.75, 3.05) is 6.61 Å². The van der Waals surface area contributed by atoms with Crippen LogP contribution >= 0.6 is 11.6 Å². The van der Waals surface area contributed by atoms with E-state index in [4.69, 9.17) is 16.3 Å². The van der Waals surface area contributed by atoms with Crippen molar-refractivity contribution < 1.29 is 14.3 Å². The Kier molecular flexibility index (Phi) is 3.48. The highest BCUT2D eigenvalue weighted by molar-refractivity contribution is 6.35. The Morgan fingerprint density at radius 2 is 2.00 bits per heavy atom. The van der Waals surface area contributed by atoms with Gasteiger partial charge in [0.2, 0.25) is 5.78 Å². The molecule has 1 unspecified atom stereocenters. The molecule has 0 aromatic heterocycles. The van der Waals surface area contributed by atoms with E-state index in [1.807, 2.05) is 12.1 Å². The minimum atomic E-state index is -0.714. The van der Waals surface area contributed by atoms with E-state index in [9.17, 15) is 9.59 Å². The molecule has 1 aromatic carbocycles. The van der Waals surface area contributed by atoms with Gasteiger partial charge in [0.1, 0.15) is 0 Å². The predicted octanol–water partition coefficient (Wildman–Crippen LogP) is 2.58. The fraction of sp³-hybridized carbons (Fsp3) is 0.385. The van der Waals surface area contributed by atoms with Gasteiger partial charge in [-0.3, -0.25) is 4.79 Å². The molecule has 0 spiro atoms. The zero-order valence-electron chi connectivity index (χ0n) is 9.48. The molecule has 0 saturated heterocycles. The van der Waals surface area contributed by atoms with E-state index in [-0.39, 0.29) is 18.4 Å². The van der Waals surface area contributed by atoms with Crippen molar-refractivity contribution in [3.63, 3.8) is 0 Å². The molecule has 0 bridgehead atoms. The molecule has 17 heavy (non-hydrogen) atoms. The number of ether oxygens (including phenoxy) is 1. The number of Topliss-reactive ketones (excluding diaryl/α,β-unsaturated/α-hetero) is 1. The second-order valence-corrected chi connectivity index (χ2v) is 4.52. The number of esters is 1. The number of carbonyl (C=O) groups excluding carboxylic acids is 2. The minimum Gasteiger partial charge on any atom is -0.460 e. The maximum Gasteiger partial charge on any atom is 0.374 e. The van der Waals surface area contributed by atoms with Crippen LogP contribution < -0.4 is 0 Å². The Morgan fingerprint density at radius 3 is 2.59 bits per heavy atom. The number of hydrogen-bond acceptors (Lipinski definition) is 3. The van der Waals surface area contributed by atoms with Crippen LogP contribution in [-0.4, -0.2) is 18.4 Å². The summed E-state index contributed by atoms with van der Waals surface area (Å²) in [6, 6.07) is 7.37. The zero-order chi connectivity index (χ0) is 12.4. The monoisotopic (exact) mass is 252 g/mol. The first-order valence-electron chi connectivity index (χ1n) is 5.60. The summed E-state index contributed by atoms with van der Waals surface area (Å²) in [7, 11) is 0. The molecule has 3 nitrogen and oxygen atoms in total. The fourth-order valence-electron chi connectivity index (χ4n) is 1.92. The van der Waals surface area contributed by atoms with E-state index in [1.54, 1.807) is 19.1 Å². The number of rotatable bonds is 4. The van der Waals surface area contributed by atoms with E-state index in [1.165, 1.54) is 0 Å².